The third-order valence-electron chi connectivity index (χ3n) is 4.33. The Hall–Kier alpha value is -2.80. The number of carbonyl (C=O) groups is 4. The van der Waals surface area contributed by atoms with Crippen LogP contribution in [-0.4, -0.2) is 68.7 Å². The van der Waals surface area contributed by atoms with Crippen molar-refractivity contribution in [3.8, 4) is 5.88 Å². The van der Waals surface area contributed by atoms with Crippen LogP contribution in [0, 0.1) is 5.21 Å². The van der Waals surface area contributed by atoms with Crippen LogP contribution < -0.4 is 14.9 Å². The first-order valence-electron chi connectivity index (χ1n) is 8.69. The van der Waals surface area contributed by atoms with E-state index >= 15 is 0 Å². The Kier molecular flexibility index (Phi) is 6.51. The smallest absolute Gasteiger partial charge is 0.352 e. The molecule has 1 aromatic rings. The van der Waals surface area contributed by atoms with Gasteiger partial charge in [-0.15, -0.1) is 11.8 Å². The van der Waals surface area contributed by atoms with Crippen molar-refractivity contribution in [2.75, 3.05) is 18.6 Å². The van der Waals surface area contributed by atoms with Crippen LogP contribution in [-0.2, 0) is 19.2 Å². The molecule has 0 aromatic carbocycles. The van der Waals surface area contributed by atoms with E-state index in [2.05, 4.69) is 10.4 Å². The standard InChI is InChI=1S/C17H18N4O7S2/c1-8(22)5-10(23)18-13-15(24)20-14(17(25)26)9(7-30-16(13)20)6-29-12-4-3-11(28-2)19-21(12)27/h3-4,13,16H,5-7H2,1-2H3,(H,18,23)(H,25,26)/t13?,16-/m1/s1. The number of aliphatic carboxylic acids is 1. The fourth-order valence-corrected chi connectivity index (χ4v) is 5.35. The van der Waals surface area contributed by atoms with Gasteiger partial charge in [0.15, 0.2) is 0 Å². The number of carboxylic acid groups (broad SMARTS) is 1. The molecule has 0 aliphatic carbocycles. The van der Waals surface area contributed by atoms with Crippen LogP contribution in [0.25, 0.3) is 0 Å². The minimum Gasteiger partial charge on any atom is -0.593 e. The number of ketones is 1. The number of amides is 2. The largest absolute Gasteiger partial charge is 0.593 e. The topological polar surface area (TPSA) is 153 Å². The van der Waals surface area contributed by atoms with E-state index in [1.165, 1.54) is 37.9 Å². The monoisotopic (exact) mass is 454 g/mol. The van der Waals surface area contributed by atoms with Gasteiger partial charge in [0.25, 0.3) is 16.8 Å². The van der Waals surface area contributed by atoms with E-state index < -0.39 is 29.2 Å². The molecule has 1 aromatic heterocycles. The zero-order valence-corrected chi connectivity index (χ0v) is 17.6. The molecule has 2 amide bonds. The summed E-state index contributed by atoms with van der Waals surface area (Å²) in [5, 5.41) is 27.4. The quantitative estimate of drug-likeness (QED) is 0.173. The number of aromatic nitrogens is 2. The van der Waals surface area contributed by atoms with E-state index in [0.717, 1.165) is 16.7 Å². The molecule has 0 bridgehead atoms. The fraction of sp³-hybridized carbons (Fsp3) is 0.412. The fourth-order valence-electron chi connectivity index (χ4n) is 3.00. The van der Waals surface area contributed by atoms with Crippen LogP contribution >= 0.6 is 23.5 Å². The lowest BCUT2D eigenvalue weighted by Crippen LogP contribution is -2.70. The van der Waals surface area contributed by atoms with Crippen molar-refractivity contribution in [1.82, 2.24) is 15.3 Å². The number of carbonyl (C=O) groups excluding carboxylic acids is 3. The summed E-state index contributed by atoms with van der Waals surface area (Å²) >= 11 is 2.40. The third-order valence-corrected chi connectivity index (χ3v) is 6.75. The maximum Gasteiger partial charge on any atom is 0.352 e. The molecule has 1 unspecified atom stereocenters. The summed E-state index contributed by atoms with van der Waals surface area (Å²) in [7, 11) is 1.38. The summed E-state index contributed by atoms with van der Waals surface area (Å²) in [4.78, 5) is 48.7. The number of hydrogen-bond acceptors (Lipinski definition) is 9. The van der Waals surface area contributed by atoms with E-state index in [-0.39, 0.29) is 34.6 Å². The van der Waals surface area contributed by atoms with E-state index in [4.69, 9.17) is 4.74 Å². The second kappa shape index (κ2) is 8.92. The number of ether oxygens (including phenoxy) is 1. The Balaban J connectivity index is 1.73. The molecule has 1 fully saturated rings. The van der Waals surface area contributed by atoms with Crippen molar-refractivity contribution in [2.24, 2.45) is 0 Å². The Labute approximate surface area is 179 Å². The first kappa shape index (κ1) is 21.9. The Morgan fingerprint density at radius 2 is 2.20 bits per heavy atom. The summed E-state index contributed by atoms with van der Waals surface area (Å²) in [6.07, 6.45) is -0.338. The second-order valence-corrected chi connectivity index (χ2v) is 8.57. The van der Waals surface area contributed by atoms with Gasteiger partial charge in [-0.1, -0.05) is 0 Å². The lowest BCUT2D eigenvalue weighted by atomic mass is 10.0. The van der Waals surface area contributed by atoms with Gasteiger partial charge in [-0.2, -0.15) is 0 Å². The van der Waals surface area contributed by atoms with Gasteiger partial charge < -0.3 is 20.4 Å². The molecule has 0 saturated carbocycles. The number of fused-ring (bicyclic) bond motifs is 1. The van der Waals surface area contributed by atoms with Crippen LogP contribution in [0.1, 0.15) is 13.3 Å². The molecule has 1 saturated heterocycles. The normalized spacial score (nSPS) is 20.3. The number of methoxy groups -OCH3 is 1. The zero-order chi connectivity index (χ0) is 22.0. The van der Waals surface area contributed by atoms with Gasteiger partial charge >= 0.3 is 5.97 Å². The summed E-state index contributed by atoms with van der Waals surface area (Å²) in [5.74, 6) is -2.08. The zero-order valence-electron chi connectivity index (χ0n) is 16.0. The average molecular weight is 454 g/mol. The number of nitrogens with zero attached hydrogens (tertiary/aromatic N) is 3. The van der Waals surface area contributed by atoms with Crippen molar-refractivity contribution in [3.05, 3.63) is 28.6 Å². The Morgan fingerprint density at radius 1 is 1.47 bits per heavy atom. The van der Waals surface area contributed by atoms with Crippen LogP contribution in [0.15, 0.2) is 28.4 Å². The highest BCUT2D eigenvalue weighted by molar-refractivity contribution is 8.01. The van der Waals surface area contributed by atoms with Gasteiger partial charge in [0.1, 0.15) is 22.9 Å². The molecule has 2 N–H and O–H groups in total. The molecule has 0 spiro atoms. The first-order valence-corrected chi connectivity index (χ1v) is 10.7. The molecule has 160 valence electrons. The number of thioether (sulfide) groups is 2. The molecular weight excluding hydrogens is 436 g/mol. The molecule has 3 rings (SSSR count). The molecule has 2 aliphatic heterocycles. The summed E-state index contributed by atoms with van der Waals surface area (Å²) in [6, 6.07) is 2.15. The van der Waals surface area contributed by atoms with Gasteiger partial charge in [0.05, 0.1) is 18.6 Å². The number of Topliss-reactive ketones (excluding diaryl/α,β-unsaturated/α-hetero) is 1. The van der Waals surface area contributed by atoms with Gasteiger partial charge in [-0.25, -0.2) is 4.79 Å². The molecule has 0 radical (unpaired) electrons. The number of hydrogen-bond donors (Lipinski definition) is 2. The van der Waals surface area contributed by atoms with E-state index in [1.807, 2.05) is 0 Å². The van der Waals surface area contributed by atoms with Crippen molar-refractivity contribution in [3.63, 3.8) is 0 Å². The van der Waals surface area contributed by atoms with Crippen LogP contribution in [0.2, 0.25) is 0 Å². The van der Waals surface area contributed by atoms with Crippen molar-refractivity contribution in [2.45, 2.75) is 29.8 Å². The molecule has 13 heteroatoms. The number of β-lactam (4-membered cyclic amide) rings is 1. The van der Waals surface area contributed by atoms with Crippen molar-refractivity contribution >= 4 is 47.1 Å². The minimum absolute atomic E-state index is 0.146. The molecule has 3 heterocycles. The van der Waals surface area contributed by atoms with Crippen LogP contribution in [0.5, 0.6) is 5.88 Å². The highest BCUT2D eigenvalue weighted by Crippen LogP contribution is 2.41. The van der Waals surface area contributed by atoms with Gasteiger partial charge in [-0.05, 0) is 29.1 Å². The highest BCUT2D eigenvalue weighted by atomic mass is 32.2. The summed E-state index contributed by atoms with van der Waals surface area (Å²) < 4.78 is 4.87. The minimum atomic E-state index is -1.26. The maximum absolute atomic E-state index is 12.5. The van der Waals surface area contributed by atoms with Crippen LogP contribution in [0.3, 0.4) is 0 Å². The Bertz CT molecular complexity index is 952. The first-order chi connectivity index (χ1) is 14.2. The third kappa shape index (κ3) is 4.36. The average Bonchev–Trinajstić information content (AvgIpc) is 2.69. The van der Waals surface area contributed by atoms with Crippen molar-refractivity contribution < 1.29 is 33.9 Å². The lowest BCUT2D eigenvalue weighted by Gasteiger charge is -2.49. The molecule has 30 heavy (non-hydrogen) atoms. The predicted molar refractivity (Wildman–Crippen MR) is 105 cm³/mol. The van der Waals surface area contributed by atoms with Gasteiger partial charge in [0.2, 0.25) is 5.91 Å². The highest BCUT2D eigenvalue weighted by Gasteiger charge is 2.54. The van der Waals surface area contributed by atoms with E-state index in [1.54, 1.807) is 0 Å². The SMILES string of the molecule is COc1ccc(SCC2=C(C(=O)O)N3C(=O)C(NC(=O)CC(C)=O)[C@H]3SC2)[n+]([O-])n1. The number of rotatable bonds is 8. The molecule has 11 nitrogen and oxygen atoms in total. The maximum atomic E-state index is 12.5. The van der Waals surface area contributed by atoms with E-state index in [0.29, 0.717) is 16.2 Å². The summed E-state index contributed by atoms with van der Waals surface area (Å²) in [5.41, 5.74) is 0.332. The van der Waals surface area contributed by atoms with Crippen LogP contribution in [0.4, 0.5) is 0 Å². The second-order valence-electron chi connectivity index (χ2n) is 6.47. The molecule has 2 aliphatic rings. The van der Waals surface area contributed by atoms with Gasteiger partial charge in [-0.3, -0.25) is 19.3 Å². The van der Waals surface area contributed by atoms with E-state index in [9.17, 15) is 29.5 Å². The predicted octanol–water partition coefficient (Wildman–Crippen LogP) is -0.467. The number of carboxylic acids is 1. The van der Waals surface area contributed by atoms with Crippen molar-refractivity contribution in [1.29, 1.82) is 0 Å². The number of nitrogens with one attached hydrogen (secondary N) is 1. The lowest BCUT2D eigenvalue weighted by molar-refractivity contribution is -0.706. The molecular formula is C17H18N4O7S2. The summed E-state index contributed by atoms with van der Waals surface area (Å²) in [6.45, 7) is 1.27. The Morgan fingerprint density at radius 3 is 2.80 bits per heavy atom. The van der Waals surface area contributed by atoms with Gasteiger partial charge in [0, 0.05) is 23.6 Å². The molecule has 2 atom stereocenters.